The van der Waals surface area contributed by atoms with Crippen LogP contribution in [0.3, 0.4) is 0 Å². The molecule has 0 aromatic carbocycles. The van der Waals surface area contributed by atoms with Crippen LogP contribution in [-0.4, -0.2) is 27.1 Å². The summed E-state index contributed by atoms with van der Waals surface area (Å²) < 4.78 is 12.5. The van der Waals surface area contributed by atoms with Gasteiger partial charge in [0.15, 0.2) is 8.32 Å². The summed E-state index contributed by atoms with van der Waals surface area (Å²) in [5, 5.41) is 0.237. The van der Waals surface area contributed by atoms with Crippen molar-refractivity contribution in [1.82, 2.24) is 0 Å². The van der Waals surface area contributed by atoms with E-state index in [0.717, 1.165) is 25.9 Å². The predicted octanol–water partition coefficient (Wildman–Crippen LogP) is 5.08. The zero-order chi connectivity index (χ0) is 15.4. The lowest BCUT2D eigenvalue weighted by atomic mass is 10.1. The molecule has 0 spiro atoms. The van der Waals surface area contributed by atoms with Gasteiger partial charge in [0, 0.05) is 0 Å². The fraction of sp³-hybridized carbons (Fsp3) is 0.765. The van der Waals surface area contributed by atoms with E-state index in [-0.39, 0.29) is 17.2 Å². The molecular weight excluding hydrogens is 264 g/mol. The van der Waals surface area contributed by atoms with Crippen LogP contribution in [0.2, 0.25) is 18.1 Å². The summed E-state index contributed by atoms with van der Waals surface area (Å²) in [6, 6.07) is 0. The van der Waals surface area contributed by atoms with Gasteiger partial charge in [-0.25, -0.2) is 0 Å². The number of hydrogen-bond acceptors (Lipinski definition) is 2. The summed E-state index contributed by atoms with van der Waals surface area (Å²) in [6.45, 7) is 18.2. The average molecular weight is 297 g/mol. The lowest BCUT2D eigenvalue weighted by molar-refractivity contribution is 0.0144. The second-order valence-corrected chi connectivity index (χ2v) is 12.2. The van der Waals surface area contributed by atoms with E-state index in [1.165, 1.54) is 5.57 Å². The lowest BCUT2D eigenvalue weighted by Gasteiger charge is -2.40. The molecular formula is C17H32O2Si. The summed E-state index contributed by atoms with van der Waals surface area (Å²) in [6.07, 6.45) is 7.77. The Kier molecular flexibility index (Phi) is 6.23. The summed E-state index contributed by atoms with van der Waals surface area (Å²) in [5.41, 5.74) is 1.32. The molecule has 1 rings (SSSR count). The Morgan fingerprint density at radius 3 is 2.60 bits per heavy atom. The van der Waals surface area contributed by atoms with Crippen molar-refractivity contribution in [1.29, 1.82) is 0 Å². The standard InChI is InChI=1S/C17H32O2Si/c1-8-9-10-11-15(16-12-14(2)13-18-16)19-20(6,7)17(3,4)5/h8,12,15-16H,1,9-11,13H2,2-7H3/t15-,16-/m1/s1. The highest BCUT2D eigenvalue weighted by atomic mass is 28.4. The maximum absolute atomic E-state index is 6.62. The monoisotopic (exact) mass is 296 g/mol. The predicted molar refractivity (Wildman–Crippen MR) is 89.6 cm³/mol. The van der Waals surface area contributed by atoms with Gasteiger partial charge >= 0.3 is 0 Å². The van der Waals surface area contributed by atoms with E-state index in [2.05, 4.69) is 53.4 Å². The van der Waals surface area contributed by atoms with E-state index in [0.29, 0.717) is 0 Å². The largest absolute Gasteiger partial charge is 0.411 e. The first-order valence-electron chi connectivity index (χ1n) is 7.75. The highest BCUT2D eigenvalue weighted by molar-refractivity contribution is 6.74. The lowest BCUT2D eigenvalue weighted by Crippen LogP contribution is -2.46. The molecule has 3 heteroatoms. The number of hydrogen-bond donors (Lipinski definition) is 0. The van der Waals surface area contributed by atoms with Crippen molar-refractivity contribution in [3.05, 3.63) is 24.3 Å². The van der Waals surface area contributed by atoms with Crippen molar-refractivity contribution < 1.29 is 9.16 Å². The third kappa shape index (κ3) is 4.87. The Bertz CT molecular complexity index is 352. The fourth-order valence-corrected chi connectivity index (χ4v) is 3.49. The van der Waals surface area contributed by atoms with E-state index in [1.54, 1.807) is 0 Å². The summed E-state index contributed by atoms with van der Waals surface area (Å²) >= 11 is 0. The molecule has 0 aromatic heterocycles. The van der Waals surface area contributed by atoms with Crippen molar-refractivity contribution in [3.8, 4) is 0 Å². The van der Waals surface area contributed by atoms with E-state index in [9.17, 15) is 0 Å². The van der Waals surface area contributed by atoms with E-state index >= 15 is 0 Å². The maximum Gasteiger partial charge on any atom is 0.192 e. The molecule has 2 atom stereocenters. The second-order valence-electron chi connectivity index (χ2n) is 7.42. The van der Waals surface area contributed by atoms with Crippen LogP contribution in [0.1, 0.15) is 47.0 Å². The van der Waals surface area contributed by atoms with Crippen molar-refractivity contribution in [3.63, 3.8) is 0 Å². The third-order valence-corrected chi connectivity index (χ3v) is 8.97. The van der Waals surface area contributed by atoms with Crippen LogP contribution in [0.4, 0.5) is 0 Å². The molecule has 0 N–H and O–H groups in total. The van der Waals surface area contributed by atoms with E-state index in [1.807, 2.05) is 6.08 Å². The SMILES string of the molecule is C=CCCC[C@@H](O[Si](C)(C)C(C)(C)C)[C@H]1C=C(C)CO1. The highest BCUT2D eigenvalue weighted by Crippen LogP contribution is 2.38. The summed E-state index contributed by atoms with van der Waals surface area (Å²) in [5.74, 6) is 0. The van der Waals surface area contributed by atoms with Crippen LogP contribution in [0.15, 0.2) is 24.3 Å². The van der Waals surface area contributed by atoms with Crippen LogP contribution in [-0.2, 0) is 9.16 Å². The van der Waals surface area contributed by atoms with Gasteiger partial charge in [-0.3, -0.25) is 0 Å². The zero-order valence-electron chi connectivity index (χ0n) is 14.2. The molecule has 1 heterocycles. The molecule has 0 radical (unpaired) electrons. The third-order valence-electron chi connectivity index (χ3n) is 4.47. The maximum atomic E-state index is 6.62. The molecule has 1 aliphatic rings. The van der Waals surface area contributed by atoms with Crippen LogP contribution >= 0.6 is 0 Å². The van der Waals surface area contributed by atoms with Gasteiger partial charge < -0.3 is 9.16 Å². The van der Waals surface area contributed by atoms with Crippen LogP contribution in [0.5, 0.6) is 0 Å². The molecule has 2 nitrogen and oxygen atoms in total. The van der Waals surface area contributed by atoms with Gasteiger partial charge in [-0.15, -0.1) is 6.58 Å². The minimum absolute atomic E-state index is 0.133. The first kappa shape index (κ1) is 17.7. The van der Waals surface area contributed by atoms with Gasteiger partial charge in [0.25, 0.3) is 0 Å². The fourth-order valence-electron chi connectivity index (χ4n) is 2.13. The first-order valence-corrected chi connectivity index (χ1v) is 10.7. The first-order chi connectivity index (χ1) is 9.17. The van der Waals surface area contributed by atoms with Crippen molar-refractivity contribution >= 4 is 8.32 Å². The zero-order valence-corrected chi connectivity index (χ0v) is 15.2. The molecule has 0 amide bonds. The molecule has 1 aliphatic heterocycles. The smallest absolute Gasteiger partial charge is 0.192 e. The molecule has 0 aliphatic carbocycles. The normalized spacial score (nSPS) is 21.7. The Balaban J connectivity index is 2.74. The Labute approximate surface area is 126 Å². The molecule has 0 saturated heterocycles. The summed E-state index contributed by atoms with van der Waals surface area (Å²) in [4.78, 5) is 0. The van der Waals surface area contributed by atoms with Crippen LogP contribution in [0, 0.1) is 0 Å². The number of allylic oxidation sites excluding steroid dienone is 1. The second kappa shape index (κ2) is 7.06. The topological polar surface area (TPSA) is 18.5 Å². The Morgan fingerprint density at radius 1 is 1.50 bits per heavy atom. The highest BCUT2D eigenvalue weighted by Gasteiger charge is 2.41. The molecule has 0 aromatic rings. The molecule has 0 fully saturated rings. The Hall–Kier alpha value is -0.383. The minimum Gasteiger partial charge on any atom is -0.411 e. The molecule has 116 valence electrons. The van der Waals surface area contributed by atoms with E-state index < -0.39 is 8.32 Å². The minimum atomic E-state index is -1.75. The quantitative estimate of drug-likeness (QED) is 0.370. The van der Waals surface area contributed by atoms with Gasteiger partial charge in [0.2, 0.25) is 0 Å². The molecule has 0 bridgehead atoms. The number of unbranched alkanes of at least 4 members (excludes halogenated alkanes) is 1. The van der Waals surface area contributed by atoms with Gasteiger partial charge in [0.1, 0.15) is 6.10 Å². The summed E-state index contributed by atoms with van der Waals surface area (Å²) in [7, 11) is -1.75. The van der Waals surface area contributed by atoms with Crippen molar-refractivity contribution in [2.24, 2.45) is 0 Å². The average Bonchev–Trinajstić information content (AvgIpc) is 2.73. The van der Waals surface area contributed by atoms with Crippen LogP contribution < -0.4 is 0 Å². The Morgan fingerprint density at radius 2 is 2.15 bits per heavy atom. The van der Waals surface area contributed by atoms with Gasteiger partial charge in [-0.2, -0.15) is 0 Å². The van der Waals surface area contributed by atoms with E-state index in [4.69, 9.17) is 9.16 Å². The van der Waals surface area contributed by atoms with Gasteiger partial charge in [-0.1, -0.05) is 32.9 Å². The van der Waals surface area contributed by atoms with Crippen LogP contribution in [0.25, 0.3) is 0 Å². The number of rotatable bonds is 7. The molecule has 20 heavy (non-hydrogen) atoms. The van der Waals surface area contributed by atoms with Crippen molar-refractivity contribution in [2.45, 2.75) is 77.3 Å². The molecule has 0 saturated carbocycles. The number of ether oxygens (including phenoxy) is 1. The van der Waals surface area contributed by atoms with Gasteiger partial charge in [0.05, 0.1) is 12.7 Å². The van der Waals surface area contributed by atoms with Gasteiger partial charge in [-0.05, 0) is 49.9 Å². The van der Waals surface area contributed by atoms with Crippen molar-refractivity contribution in [2.75, 3.05) is 6.61 Å². The molecule has 0 unspecified atom stereocenters.